The van der Waals surface area contributed by atoms with E-state index in [2.05, 4.69) is 21.9 Å². The number of fused-ring (bicyclic) bond motifs is 1. The van der Waals surface area contributed by atoms with E-state index in [1.54, 1.807) is 0 Å². The van der Waals surface area contributed by atoms with E-state index in [9.17, 15) is 4.79 Å². The highest BCUT2D eigenvalue weighted by Gasteiger charge is 2.21. The van der Waals surface area contributed by atoms with Crippen molar-refractivity contribution in [3.8, 4) is 11.3 Å². The molecule has 5 heteroatoms. The quantitative estimate of drug-likeness (QED) is 0.660. The number of rotatable bonds is 7. The monoisotopic (exact) mass is 388 g/mol. The smallest absolute Gasteiger partial charge is 0.251 e. The van der Waals surface area contributed by atoms with Gasteiger partial charge in [0.05, 0.1) is 12.2 Å². The number of aromatic nitrogens is 3. The number of nitrogens with zero attached hydrogens (tertiary/aromatic N) is 3. The van der Waals surface area contributed by atoms with E-state index in [0.717, 1.165) is 36.9 Å². The number of carbonyl (C=O) groups is 1. The van der Waals surface area contributed by atoms with Crippen LogP contribution in [0.25, 0.3) is 11.3 Å². The molecule has 0 aliphatic heterocycles. The molecule has 1 aromatic carbocycles. The van der Waals surface area contributed by atoms with Crippen LogP contribution in [0.1, 0.15) is 53.4 Å². The topological polar surface area (TPSA) is 59.8 Å². The Kier molecular flexibility index (Phi) is 6.03. The summed E-state index contributed by atoms with van der Waals surface area (Å²) in [6.07, 6.45) is 10.3. The van der Waals surface area contributed by atoms with Gasteiger partial charge in [-0.3, -0.25) is 14.5 Å². The molecule has 1 amide bonds. The van der Waals surface area contributed by atoms with Crippen molar-refractivity contribution in [3.63, 3.8) is 0 Å². The first-order valence-corrected chi connectivity index (χ1v) is 10.6. The minimum atomic E-state index is -0.0246. The molecule has 2 heterocycles. The number of hydrogen-bond donors (Lipinski definition) is 1. The summed E-state index contributed by atoms with van der Waals surface area (Å²) in [6, 6.07) is 12.0. The Labute approximate surface area is 172 Å². The van der Waals surface area contributed by atoms with Crippen molar-refractivity contribution in [1.29, 1.82) is 0 Å². The Hall–Kier alpha value is -2.95. The van der Waals surface area contributed by atoms with Gasteiger partial charge in [0.25, 0.3) is 5.91 Å². The van der Waals surface area contributed by atoms with Gasteiger partial charge in [-0.15, -0.1) is 0 Å². The second-order valence-corrected chi connectivity index (χ2v) is 7.64. The van der Waals surface area contributed by atoms with E-state index < -0.39 is 0 Å². The van der Waals surface area contributed by atoms with Gasteiger partial charge in [0.1, 0.15) is 0 Å². The average Bonchev–Trinajstić information content (AvgIpc) is 3.14. The van der Waals surface area contributed by atoms with Crippen LogP contribution >= 0.6 is 0 Å². The van der Waals surface area contributed by atoms with Gasteiger partial charge in [-0.05, 0) is 61.9 Å². The van der Waals surface area contributed by atoms with E-state index in [-0.39, 0.29) is 5.91 Å². The summed E-state index contributed by atoms with van der Waals surface area (Å²) in [4.78, 5) is 16.6. The third-order valence-corrected chi connectivity index (χ3v) is 5.57. The third kappa shape index (κ3) is 4.39. The first-order chi connectivity index (χ1) is 14.3. The molecule has 0 unspecified atom stereocenters. The van der Waals surface area contributed by atoms with Gasteiger partial charge in [-0.25, -0.2) is 0 Å². The second-order valence-electron chi connectivity index (χ2n) is 7.64. The number of hydrogen-bond acceptors (Lipinski definition) is 3. The van der Waals surface area contributed by atoms with Crippen LogP contribution in [0.15, 0.2) is 48.8 Å². The van der Waals surface area contributed by atoms with Gasteiger partial charge < -0.3 is 5.32 Å². The number of nitrogens with one attached hydrogen (secondary N) is 1. The lowest BCUT2D eigenvalue weighted by Crippen LogP contribution is -2.28. The molecular formula is C24H28N4O. The molecule has 29 heavy (non-hydrogen) atoms. The van der Waals surface area contributed by atoms with E-state index in [0.29, 0.717) is 18.7 Å². The number of amides is 1. The molecule has 2 aromatic heterocycles. The summed E-state index contributed by atoms with van der Waals surface area (Å²) in [5.74, 6) is -0.0246. The van der Waals surface area contributed by atoms with Crippen LogP contribution in [0, 0.1) is 0 Å². The maximum absolute atomic E-state index is 12.5. The molecule has 3 aromatic rings. The van der Waals surface area contributed by atoms with E-state index in [4.69, 9.17) is 5.10 Å². The van der Waals surface area contributed by atoms with Crippen molar-refractivity contribution in [2.45, 2.75) is 52.0 Å². The van der Waals surface area contributed by atoms with Crippen LogP contribution in [-0.2, 0) is 25.8 Å². The Balaban J connectivity index is 1.43. The Morgan fingerprint density at radius 2 is 1.83 bits per heavy atom. The van der Waals surface area contributed by atoms with Crippen LogP contribution in [0.5, 0.6) is 0 Å². The Morgan fingerprint density at radius 1 is 1.07 bits per heavy atom. The van der Waals surface area contributed by atoms with Gasteiger partial charge in [-0.2, -0.15) is 5.10 Å². The second kappa shape index (κ2) is 9.03. The zero-order valence-electron chi connectivity index (χ0n) is 17.0. The minimum absolute atomic E-state index is 0.0246. The molecule has 5 nitrogen and oxygen atoms in total. The molecule has 0 spiro atoms. The predicted molar refractivity (Wildman–Crippen MR) is 115 cm³/mol. The van der Waals surface area contributed by atoms with Crippen molar-refractivity contribution in [2.75, 3.05) is 6.54 Å². The van der Waals surface area contributed by atoms with Gasteiger partial charge in [0.2, 0.25) is 0 Å². The molecule has 1 N–H and O–H groups in total. The molecule has 4 rings (SSSR count). The molecule has 150 valence electrons. The zero-order valence-corrected chi connectivity index (χ0v) is 17.0. The first-order valence-electron chi connectivity index (χ1n) is 10.6. The van der Waals surface area contributed by atoms with Gasteiger partial charge in [-0.1, -0.05) is 25.5 Å². The lowest BCUT2D eigenvalue weighted by molar-refractivity contribution is 0.0952. The molecule has 0 saturated heterocycles. The predicted octanol–water partition coefficient (Wildman–Crippen LogP) is 4.21. The highest BCUT2D eigenvalue weighted by molar-refractivity contribution is 5.94. The Bertz CT molecular complexity index is 961. The van der Waals surface area contributed by atoms with Crippen LogP contribution in [0.2, 0.25) is 0 Å². The van der Waals surface area contributed by atoms with Crippen LogP contribution in [-0.4, -0.2) is 27.2 Å². The van der Waals surface area contributed by atoms with Crippen molar-refractivity contribution in [1.82, 2.24) is 20.1 Å². The number of carbonyl (C=O) groups excluding carboxylic acids is 1. The van der Waals surface area contributed by atoms with Crippen LogP contribution in [0.3, 0.4) is 0 Å². The van der Waals surface area contributed by atoms with Crippen molar-refractivity contribution >= 4 is 5.91 Å². The lowest BCUT2D eigenvalue weighted by Gasteiger charge is -2.14. The fraction of sp³-hybridized carbons (Fsp3) is 0.375. The van der Waals surface area contributed by atoms with E-state index in [1.165, 1.54) is 29.7 Å². The summed E-state index contributed by atoms with van der Waals surface area (Å²) in [6.45, 7) is 3.42. The average molecular weight is 389 g/mol. The highest BCUT2D eigenvalue weighted by atomic mass is 16.1. The maximum Gasteiger partial charge on any atom is 0.251 e. The molecule has 0 saturated carbocycles. The van der Waals surface area contributed by atoms with Gasteiger partial charge in [0.15, 0.2) is 0 Å². The fourth-order valence-electron chi connectivity index (χ4n) is 4.09. The standard InChI is InChI=1S/C24H28N4O/c1-2-5-18-8-10-20(11-9-18)24(29)26-16-17-28-22-7-4-3-6-21(22)23(27-28)19-12-14-25-15-13-19/h8-15H,2-7,16-17H2,1H3,(H,26,29). The summed E-state index contributed by atoms with van der Waals surface area (Å²) in [5.41, 5.74) is 6.86. The molecule has 0 bridgehead atoms. The lowest BCUT2D eigenvalue weighted by atomic mass is 9.94. The first kappa shape index (κ1) is 19.4. The SMILES string of the molecule is CCCc1ccc(C(=O)NCCn2nc(-c3ccncc3)c3c2CCCC3)cc1. The van der Waals surface area contributed by atoms with Crippen molar-refractivity contribution in [3.05, 3.63) is 71.2 Å². The molecule has 1 aliphatic carbocycles. The number of aryl methyl sites for hydroxylation is 1. The fourth-order valence-corrected chi connectivity index (χ4v) is 4.09. The molecular weight excluding hydrogens is 360 g/mol. The van der Waals surface area contributed by atoms with E-state index in [1.807, 2.05) is 48.8 Å². The number of pyridine rings is 1. The Morgan fingerprint density at radius 3 is 2.59 bits per heavy atom. The van der Waals surface area contributed by atoms with Crippen LogP contribution < -0.4 is 5.32 Å². The maximum atomic E-state index is 12.5. The summed E-state index contributed by atoms with van der Waals surface area (Å²) in [7, 11) is 0. The highest BCUT2D eigenvalue weighted by Crippen LogP contribution is 2.30. The van der Waals surface area contributed by atoms with E-state index >= 15 is 0 Å². The normalized spacial score (nSPS) is 13.1. The third-order valence-electron chi connectivity index (χ3n) is 5.57. The van der Waals surface area contributed by atoms with Gasteiger partial charge in [0, 0.05) is 41.3 Å². The van der Waals surface area contributed by atoms with Crippen LogP contribution in [0.4, 0.5) is 0 Å². The number of benzene rings is 1. The molecule has 0 fully saturated rings. The van der Waals surface area contributed by atoms with Crippen molar-refractivity contribution < 1.29 is 4.79 Å². The summed E-state index contributed by atoms with van der Waals surface area (Å²) < 4.78 is 2.09. The molecule has 0 atom stereocenters. The molecule has 1 aliphatic rings. The zero-order chi connectivity index (χ0) is 20.1. The minimum Gasteiger partial charge on any atom is -0.350 e. The largest absolute Gasteiger partial charge is 0.350 e. The summed E-state index contributed by atoms with van der Waals surface area (Å²) in [5, 5.41) is 7.95. The summed E-state index contributed by atoms with van der Waals surface area (Å²) >= 11 is 0. The van der Waals surface area contributed by atoms with Crippen molar-refractivity contribution in [2.24, 2.45) is 0 Å². The molecule has 0 radical (unpaired) electrons. The van der Waals surface area contributed by atoms with Gasteiger partial charge >= 0.3 is 0 Å².